The highest BCUT2D eigenvalue weighted by Gasteiger charge is 2.33. The molecule has 2 unspecified atom stereocenters. The molecule has 2 atom stereocenters. The summed E-state index contributed by atoms with van der Waals surface area (Å²) in [7, 11) is 0. The smallest absolute Gasteiger partial charge is 0.323 e. The molecule has 0 radical (unpaired) electrons. The molecule has 0 aliphatic carbocycles. The summed E-state index contributed by atoms with van der Waals surface area (Å²) >= 11 is 1.77. The number of carboxylic acids is 1. The number of hydrogen-bond acceptors (Lipinski definition) is 4. The summed E-state index contributed by atoms with van der Waals surface area (Å²) in [6.45, 7) is 5.78. The molecule has 1 aliphatic heterocycles. The van der Waals surface area contributed by atoms with E-state index in [1.807, 2.05) is 4.90 Å². The third kappa shape index (κ3) is 2.74. The molecule has 1 fully saturated rings. The molecule has 1 saturated heterocycles. The Kier molecular flexibility index (Phi) is 4.37. The van der Waals surface area contributed by atoms with Crippen molar-refractivity contribution in [2.24, 2.45) is 0 Å². The number of carbonyl (C=O) groups is 1. The van der Waals surface area contributed by atoms with Crippen LogP contribution in [0.4, 0.5) is 0 Å². The summed E-state index contributed by atoms with van der Waals surface area (Å²) in [4.78, 5) is 15.8. The zero-order valence-electron chi connectivity index (χ0n) is 10.8. The molecule has 5 heteroatoms. The Morgan fingerprint density at radius 1 is 1.67 bits per heavy atom. The third-order valence-corrected chi connectivity index (χ3v) is 4.79. The SMILES string of the molecule is CCc1ccc(C(C)N2CCOCC2C(=O)O)s1. The lowest BCUT2D eigenvalue weighted by molar-refractivity contribution is -0.151. The van der Waals surface area contributed by atoms with Gasteiger partial charge in [-0.3, -0.25) is 9.69 Å². The number of carboxylic acid groups (broad SMARTS) is 1. The monoisotopic (exact) mass is 269 g/mol. The van der Waals surface area contributed by atoms with E-state index in [1.54, 1.807) is 11.3 Å². The van der Waals surface area contributed by atoms with Crippen LogP contribution in [0.3, 0.4) is 0 Å². The second-order valence-electron chi connectivity index (χ2n) is 4.50. The summed E-state index contributed by atoms with van der Waals surface area (Å²) < 4.78 is 5.27. The number of nitrogens with zero attached hydrogens (tertiary/aromatic N) is 1. The molecule has 100 valence electrons. The number of rotatable bonds is 4. The Hall–Kier alpha value is -0.910. The van der Waals surface area contributed by atoms with Crippen LogP contribution < -0.4 is 0 Å². The van der Waals surface area contributed by atoms with Crippen LogP contribution in [0.25, 0.3) is 0 Å². The second-order valence-corrected chi connectivity index (χ2v) is 5.70. The molecule has 0 aromatic carbocycles. The maximum absolute atomic E-state index is 11.2. The Morgan fingerprint density at radius 3 is 3.06 bits per heavy atom. The fraction of sp³-hybridized carbons (Fsp3) is 0.615. The van der Waals surface area contributed by atoms with E-state index in [2.05, 4.69) is 26.0 Å². The van der Waals surface area contributed by atoms with Crippen LogP contribution in [0.15, 0.2) is 12.1 Å². The normalized spacial score (nSPS) is 22.9. The maximum Gasteiger partial charge on any atom is 0.323 e. The summed E-state index contributed by atoms with van der Waals surface area (Å²) in [5.41, 5.74) is 0. The number of thiophene rings is 1. The van der Waals surface area contributed by atoms with E-state index in [9.17, 15) is 9.90 Å². The zero-order chi connectivity index (χ0) is 13.1. The average Bonchev–Trinajstić information content (AvgIpc) is 2.86. The van der Waals surface area contributed by atoms with Gasteiger partial charge in [0.25, 0.3) is 0 Å². The van der Waals surface area contributed by atoms with Crippen LogP contribution in [0, 0.1) is 0 Å². The molecule has 1 N–H and O–H groups in total. The standard InChI is InChI=1S/C13H19NO3S/c1-3-10-4-5-12(18-10)9(2)14-6-7-17-8-11(14)13(15)16/h4-5,9,11H,3,6-8H2,1-2H3,(H,15,16). The Labute approximate surface area is 111 Å². The molecule has 1 aromatic heterocycles. The molecular weight excluding hydrogens is 250 g/mol. The lowest BCUT2D eigenvalue weighted by atomic mass is 10.1. The summed E-state index contributed by atoms with van der Waals surface area (Å²) in [5.74, 6) is -0.797. The summed E-state index contributed by atoms with van der Waals surface area (Å²) in [6.07, 6.45) is 1.03. The first kappa shape index (κ1) is 13.5. The van der Waals surface area contributed by atoms with E-state index < -0.39 is 12.0 Å². The Morgan fingerprint density at radius 2 is 2.44 bits per heavy atom. The van der Waals surface area contributed by atoms with Crippen LogP contribution in [0.1, 0.15) is 29.6 Å². The van der Waals surface area contributed by atoms with Crippen molar-refractivity contribution in [3.05, 3.63) is 21.9 Å². The largest absolute Gasteiger partial charge is 0.480 e. The van der Waals surface area contributed by atoms with Crippen LogP contribution in [0.5, 0.6) is 0 Å². The fourth-order valence-electron chi connectivity index (χ4n) is 2.27. The first-order chi connectivity index (χ1) is 8.63. The number of aliphatic carboxylic acids is 1. The quantitative estimate of drug-likeness (QED) is 0.910. The van der Waals surface area contributed by atoms with Crippen LogP contribution in [-0.4, -0.2) is 41.8 Å². The maximum atomic E-state index is 11.2. The molecular formula is C13H19NO3S. The van der Waals surface area contributed by atoms with Gasteiger partial charge in [0.1, 0.15) is 6.04 Å². The lowest BCUT2D eigenvalue weighted by Gasteiger charge is -2.36. The van der Waals surface area contributed by atoms with Gasteiger partial charge >= 0.3 is 5.97 Å². The lowest BCUT2D eigenvalue weighted by Crippen LogP contribution is -2.50. The van der Waals surface area contributed by atoms with Gasteiger partial charge < -0.3 is 9.84 Å². The second kappa shape index (κ2) is 5.82. The van der Waals surface area contributed by atoms with Gasteiger partial charge in [-0.15, -0.1) is 11.3 Å². The molecule has 18 heavy (non-hydrogen) atoms. The molecule has 0 amide bonds. The number of ether oxygens (including phenoxy) is 1. The van der Waals surface area contributed by atoms with Crippen LogP contribution >= 0.6 is 11.3 Å². The highest BCUT2D eigenvalue weighted by atomic mass is 32.1. The molecule has 0 saturated carbocycles. The Bertz CT molecular complexity index is 418. The predicted octanol–water partition coefficient (Wildman–Crippen LogP) is 2.16. The van der Waals surface area contributed by atoms with Gasteiger partial charge in [0.05, 0.1) is 13.2 Å². The fourth-order valence-corrected chi connectivity index (χ4v) is 3.29. The number of aryl methyl sites for hydroxylation is 1. The minimum absolute atomic E-state index is 0.139. The van der Waals surface area contributed by atoms with Gasteiger partial charge in [0, 0.05) is 22.3 Å². The molecule has 0 bridgehead atoms. The van der Waals surface area contributed by atoms with Gasteiger partial charge in [0.15, 0.2) is 0 Å². The van der Waals surface area contributed by atoms with Gasteiger partial charge in [0.2, 0.25) is 0 Å². The van der Waals surface area contributed by atoms with Gasteiger partial charge in [-0.1, -0.05) is 6.92 Å². The van der Waals surface area contributed by atoms with E-state index in [-0.39, 0.29) is 12.6 Å². The molecule has 1 aromatic rings. The van der Waals surface area contributed by atoms with Crippen molar-refractivity contribution in [1.29, 1.82) is 0 Å². The molecule has 4 nitrogen and oxygen atoms in total. The van der Waals surface area contributed by atoms with E-state index in [0.29, 0.717) is 13.2 Å². The minimum atomic E-state index is -0.797. The van der Waals surface area contributed by atoms with E-state index in [4.69, 9.17) is 4.74 Å². The zero-order valence-corrected chi connectivity index (χ0v) is 11.6. The summed E-state index contributed by atoms with van der Waals surface area (Å²) in [5, 5.41) is 9.24. The summed E-state index contributed by atoms with van der Waals surface area (Å²) in [6, 6.07) is 3.86. The molecule has 1 aliphatic rings. The van der Waals surface area contributed by atoms with Gasteiger partial charge in [-0.2, -0.15) is 0 Å². The van der Waals surface area contributed by atoms with Crippen molar-refractivity contribution in [3.8, 4) is 0 Å². The van der Waals surface area contributed by atoms with E-state index in [1.165, 1.54) is 9.75 Å². The number of hydrogen-bond donors (Lipinski definition) is 1. The predicted molar refractivity (Wildman–Crippen MR) is 71.1 cm³/mol. The van der Waals surface area contributed by atoms with E-state index >= 15 is 0 Å². The molecule has 0 spiro atoms. The van der Waals surface area contributed by atoms with Crippen LogP contribution in [0.2, 0.25) is 0 Å². The van der Waals surface area contributed by atoms with Gasteiger partial charge in [-0.25, -0.2) is 0 Å². The highest BCUT2D eigenvalue weighted by Crippen LogP contribution is 2.30. The van der Waals surface area contributed by atoms with Crippen molar-refractivity contribution in [3.63, 3.8) is 0 Å². The molecule has 2 rings (SSSR count). The first-order valence-electron chi connectivity index (χ1n) is 6.28. The number of morpholine rings is 1. The minimum Gasteiger partial charge on any atom is -0.480 e. The van der Waals surface area contributed by atoms with Crippen molar-refractivity contribution < 1.29 is 14.6 Å². The van der Waals surface area contributed by atoms with Crippen LogP contribution in [-0.2, 0) is 16.0 Å². The topological polar surface area (TPSA) is 49.8 Å². The van der Waals surface area contributed by atoms with Crippen molar-refractivity contribution in [2.75, 3.05) is 19.8 Å². The van der Waals surface area contributed by atoms with Crippen molar-refractivity contribution >= 4 is 17.3 Å². The van der Waals surface area contributed by atoms with E-state index in [0.717, 1.165) is 6.42 Å². The van der Waals surface area contributed by atoms with Crippen molar-refractivity contribution in [1.82, 2.24) is 4.90 Å². The molecule has 2 heterocycles. The average molecular weight is 269 g/mol. The first-order valence-corrected chi connectivity index (χ1v) is 7.10. The Balaban J connectivity index is 2.14. The highest BCUT2D eigenvalue weighted by molar-refractivity contribution is 7.12. The van der Waals surface area contributed by atoms with Gasteiger partial charge in [-0.05, 0) is 25.5 Å². The third-order valence-electron chi connectivity index (χ3n) is 3.40. The van der Waals surface area contributed by atoms with Crippen molar-refractivity contribution in [2.45, 2.75) is 32.4 Å².